The molecule has 0 aliphatic carbocycles. The number of aryl methyl sites for hydroxylation is 2. The van der Waals surface area contributed by atoms with Crippen molar-refractivity contribution in [3.05, 3.63) is 11.6 Å². The summed E-state index contributed by atoms with van der Waals surface area (Å²) in [5.74, 6) is 8.15. The van der Waals surface area contributed by atoms with Crippen LogP contribution in [-0.2, 0) is 12.8 Å². The van der Waals surface area contributed by atoms with Gasteiger partial charge in [-0.3, -0.25) is 0 Å². The van der Waals surface area contributed by atoms with Gasteiger partial charge in [-0.2, -0.15) is 0 Å². The lowest BCUT2D eigenvalue weighted by Crippen LogP contribution is -2.16. The standard InChI is InChI=1S/C24H48N4/c1-3-5-7-9-11-13-15-17-19-21-23-26-27-24(28(23)25)22-20-18-16-14-12-10-8-6-4-2/h3-22,25H2,1-2H3. The maximum absolute atomic E-state index is 6.21. The van der Waals surface area contributed by atoms with E-state index in [1.165, 1.54) is 116 Å². The number of nitrogen functional groups attached to an aromatic ring is 1. The summed E-state index contributed by atoms with van der Waals surface area (Å²) in [4.78, 5) is 0. The highest BCUT2D eigenvalue weighted by atomic mass is 15.4. The van der Waals surface area contributed by atoms with Crippen LogP contribution < -0.4 is 5.84 Å². The van der Waals surface area contributed by atoms with E-state index in [1.54, 1.807) is 4.68 Å². The van der Waals surface area contributed by atoms with E-state index in [0.717, 1.165) is 24.5 Å². The normalized spacial score (nSPS) is 11.4. The van der Waals surface area contributed by atoms with E-state index in [0.29, 0.717) is 0 Å². The summed E-state index contributed by atoms with van der Waals surface area (Å²) in [5.41, 5.74) is 0. The lowest BCUT2D eigenvalue weighted by atomic mass is 10.1. The molecule has 0 atom stereocenters. The molecule has 1 aromatic heterocycles. The van der Waals surface area contributed by atoms with Crippen LogP contribution in [-0.4, -0.2) is 14.9 Å². The monoisotopic (exact) mass is 392 g/mol. The Morgan fingerprint density at radius 2 is 0.786 bits per heavy atom. The minimum atomic E-state index is 0.967. The Hall–Kier alpha value is -1.06. The van der Waals surface area contributed by atoms with E-state index in [1.807, 2.05) is 0 Å². The molecule has 0 saturated heterocycles. The first-order valence-corrected chi connectivity index (χ1v) is 12.5. The first-order chi connectivity index (χ1) is 13.8. The fraction of sp³-hybridized carbons (Fsp3) is 0.917. The summed E-state index contributed by atoms with van der Waals surface area (Å²) in [5, 5.41) is 8.66. The van der Waals surface area contributed by atoms with Crippen molar-refractivity contribution >= 4 is 0 Å². The van der Waals surface area contributed by atoms with Crippen LogP contribution in [0.5, 0.6) is 0 Å². The average Bonchev–Trinajstić information content (AvgIpc) is 3.05. The van der Waals surface area contributed by atoms with Crippen molar-refractivity contribution in [1.29, 1.82) is 0 Å². The first-order valence-electron chi connectivity index (χ1n) is 12.5. The third kappa shape index (κ3) is 12.4. The van der Waals surface area contributed by atoms with Gasteiger partial charge in [0.05, 0.1) is 0 Å². The SMILES string of the molecule is CCCCCCCCCCCc1nnc(CCCCCCCCCCC)n1N. The van der Waals surface area contributed by atoms with Gasteiger partial charge in [0, 0.05) is 12.8 Å². The fourth-order valence-corrected chi connectivity index (χ4v) is 3.89. The van der Waals surface area contributed by atoms with E-state index < -0.39 is 0 Å². The van der Waals surface area contributed by atoms with Gasteiger partial charge in [-0.15, -0.1) is 10.2 Å². The summed E-state index contributed by atoms with van der Waals surface area (Å²) in [6.07, 6.45) is 26.2. The molecule has 0 spiro atoms. The molecule has 4 nitrogen and oxygen atoms in total. The van der Waals surface area contributed by atoms with E-state index in [9.17, 15) is 0 Å². The van der Waals surface area contributed by atoms with E-state index >= 15 is 0 Å². The van der Waals surface area contributed by atoms with E-state index in [2.05, 4.69) is 24.0 Å². The Labute approximate surface area is 175 Å². The zero-order valence-corrected chi connectivity index (χ0v) is 19.1. The molecular formula is C24H48N4. The maximum Gasteiger partial charge on any atom is 0.151 e. The summed E-state index contributed by atoms with van der Waals surface area (Å²) in [7, 11) is 0. The van der Waals surface area contributed by atoms with Crippen molar-refractivity contribution in [2.75, 3.05) is 5.84 Å². The van der Waals surface area contributed by atoms with Gasteiger partial charge in [-0.25, -0.2) is 4.68 Å². The number of hydrogen-bond donors (Lipinski definition) is 1. The number of aromatic nitrogens is 3. The molecule has 1 aromatic rings. The molecule has 0 bridgehead atoms. The molecule has 0 fully saturated rings. The van der Waals surface area contributed by atoms with Crippen molar-refractivity contribution in [3.63, 3.8) is 0 Å². The second kappa shape index (κ2) is 18.0. The first kappa shape index (κ1) is 25.0. The lowest BCUT2D eigenvalue weighted by Gasteiger charge is -2.05. The minimum absolute atomic E-state index is 0.967. The highest BCUT2D eigenvalue weighted by molar-refractivity contribution is 4.96. The molecule has 4 heteroatoms. The number of hydrogen-bond acceptors (Lipinski definition) is 3. The molecule has 2 N–H and O–H groups in total. The second-order valence-electron chi connectivity index (χ2n) is 8.56. The Balaban J connectivity index is 2.01. The van der Waals surface area contributed by atoms with Crippen molar-refractivity contribution in [3.8, 4) is 0 Å². The van der Waals surface area contributed by atoms with Gasteiger partial charge in [-0.05, 0) is 12.8 Å². The highest BCUT2D eigenvalue weighted by Gasteiger charge is 2.09. The summed E-state index contributed by atoms with van der Waals surface area (Å²) >= 11 is 0. The zero-order chi connectivity index (χ0) is 20.3. The number of nitrogens with zero attached hydrogens (tertiary/aromatic N) is 3. The van der Waals surface area contributed by atoms with E-state index in [4.69, 9.17) is 5.84 Å². The summed E-state index contributed by atoms with van der Waals surface area (Å²) < 4.78 is 1.76. The molecule has 164 valence electrons. The van der Waals surface area contributed by atoms with Crippen LogP contribution in [0, 0.1) is 0 Å². The quantitative estimate of drug-likeness (QED) is 0.189. The zero-order valence-electron chi connectivity index (χ0n) is 19.1. The van der Waals surface area contributed by atoms with Gasteiger partial charge in [0.25, 0.3) is 0 Å². The van der Waals surface area contributed by atoms with Gasteiger partial charge in [-0.1, -0.05) is 117 Å². The Kier molecular flexibility index (Phi) is 16.1. The molecule has 1 heterocycles. The third-order valence-electron chi connectivity index (χ3n) is 5.84. The average molecular weight is 393 g/mol. The van der Waals surface area contributed by atoms with E-state index in [-0.39, 0.29) is 0 Å². The molecule has 0 aromatic carbocycles. The third-order valence-corrected chi connectivity index (χ3v) is 5.84. The van der Waals surface area contributed by atoms with Crippen LogP contribution in [0.15, 0.2) is 0 Å². The van der Waals surface area contributed by atoms with Gasteiger partial charge in [0.2, 0.25) is 0 Å². The van der Waals surface area contributed by atoms with Gasteiger partial charge in [0.1, 0.15) is 0 Å². The molecule has 0 aliphatic rings. The highest BCUT2D eigenvalue weighted by Crippen LogP contribution is 2.13. The molecule has 0 saturated carbocycles. The number of rotatable bonds is 20. The number of nitrogens with two attached hydrogens (primary N) is 1. The smallest absolute Gasteiger partial charge is 0.151 e. The van der Waals surface area contributed by atoms with Crippen molar-refractivity contribution in [2.45, 2.75) is 142 Å². The molecule has 0 amide bonds. The number of unbranched alkanes of at least 4 members (excludes halogenated alkanes) is 16. The van der Waals surface area contributed by atoms with Gasteiger partial charge in [0.15, 0.2) is 11.6 Å². The van der Waals surface area contributed by atoms with Crippen LogP contribution in [0.25, 0.3) is 0 Å². The minimum Gasteiger partial charge on any atom is -0.336 e. The lowest BCUT2D eigenvalue weighted by molar-refractivity contribution is 0.557. The predicted octanol–water partition coefficient (Wildman–Crippen LogP) is 7.14. The fourth-order valence-electron chi connectivity index (χ4n) is 3.89. The van der Waals surface area contributed by atoms with Crippen LogP contribution in [0.4, 0.5) is 0 Å². The van der Waals surface area contributed by atoms with Crippen molar-refractivity contribution in [1.82, 2.24) is 14.9 Å². The van der Waals surface area contributed by atoms with Crippen molar-refractivity contribution in [2.24, 2.45) is 0 Å². The van der Waals surface area contributed by atoms with Crippen molar-refractivity contribution < 1.29 is 0 Å². The van der Waals surface area contributed by atoms with Crippen LogP contribution in [0.3, 0.4) is 0 Å². The Morgan fingerprint density at radius 1 is 0.500 bits per heavy atom. The molecule has 0 radical (unpaired) electrons. The molecule has 28 heavy (non-hydrogen) atoms. The topological polar surface area (TPSA) is 56.7 Å². The molecule has 0 aliphatic heterocycles. The molecule has 1 rings (SSSR count). The van der Waals surface area contributed by atoms with Crippen LogP contribution in [0.1, 0.15) is 141 Å². The Morgan fingerprint density at radius 3 is 1.11 bits per heavy atom. The Bertz CT molecular complexity index is 416. The van der Waals surface area contributed by atoms with Crippen LogP contribution in [0.2, 0.25) is 0 Å². The molecular weight excluding hydrogens is 344 g/mol. The summed E-state index contributed by atoms with van der Waals surface area (Å²) in [6, 6.07) is 0. The maximum atomic E-state index is 6.21. The predicted molar refractivity (Wildman–Crippen MR) is 122 cm³/mol. The molecule has 0 unspecified atom stereocenters. The van der Waals surface area contributed by atoms with Gasteiger partial charge >= 0.3 is 0 Å². The summed E-state index contributed by atoms with van der Waals surface area (Å²) in [6.45, 7) is 4.55. The second-order valence-corrected chi connectivity index (χ2v) is 8.56. The van der Waals surface area contributed by atoms with Crippen LogP contribution >= 0.6 is 0 Å². The van der Waals surface area contributed by atoms with Gasteiger partial charge < -0.3 is 5.84 Å². The largest absolute Gasteiger partial charge is 0.336 e.